The standard InChI is InChI=1S/C11H12BrN/c1-4-9(3)13-11-7-10(12)6-5-8(11)2/h1,5-7,9,13H,2-3H3. The van der Waals surface area contributed by atoms with E-state index in [9.17, 15) is 0 Å². The van der Waals surface area contributed by atoms with E-state index in [0.717, 1.165) is 10.2 Å². The molecule has 0 spiro atoms. The van der Waals surface area contributed by atoms with Gasteiger partial charge in [-0.25, -0.2) is 0 Å². The molecule has 1 nitrogen and oxygen atoms in total. The van der Waals surface area contributed by atoms with Crippen molar-refractivity contribution in [2.75, 3.05) is 5.32 Å². The Kier molecular flexibility index (Phi) is 3.39. The minimum Gasteiger partial charge on any atom is -0.372 e. The van der Waals surface area contributed by atoms with Crippen LogP contribution in [0, 0.1) is 19.3 Å². The van der Waals surface area contributed by atoms with E-state index >= 15 is 0 Å². The van der Waals surface area contributed by atoms with Crippen LogP contribution in [-0.2, 0) is 0 Å². The van der Waals surface area contributed by atoms with Crippen molar-refractivity contribution in [2.45, 2.75) is 19.9 Å². The summed E-state index contributed by atoms with van der Waals surface area (Å²) in [6.07, 6.45) is 5.28. The molecule has 2 heteroatoms. The summed E-state index contributed by atoms with van der Waals surface area (Å²) in [5.41, 5.74) is 2.28. The lowest BCUT2D eigenvalue weighted by atomic mass is 10.2. The number of hydrogen-bond donors (Lipinski definition) is 1. The average Bonchev–Trinajstić information content (AvgIpc) is 2.11. The highest BCUT2D eigenvalue weighted by atomic mass is 79.9. The lowest BCUT2D eigenvalue weighted by Gasteiger charge is -2.12. The zero-order valence-corrected chi connectivity index (χ0v) is 9.35. The largest absolute Gasteiger partial charge is 0.372 e. The molecule has 0 aliphatic carbocycles. The number of hydrogen-bond acceptors (Lipinski definition) is 1. The first-order valence-electron chi connectivity index (χ1n) is 4.12. The molecule has 0 aromatic heterocycles. The normalized spacial score (nSPS) is 11.8. The van der Waals surface area contributed by atoms with Crippen LogP contribution >= 0.6 is 15.9 Å². The molecule has 0 saturated carbocycles. The SMILES string of the molecule is C#CC(C)Nc1cc(Br)ccc1C. The van der Waals surface area contributed by atoms with Gasteiger partial charge in [-0.1, -0.05) is 27.9 Å². The van der Waals surface area contributed by atoms with Crippen LogP contribution in [0.25, 0.3) is 0 Å². The molecule has 0 radical (unpaired) electrons. The van der Waals surface area contributed by atoms with Crippen LogP contribution in [0.15, 0.2) is 22.7 Å². The third-order valence-electron chi connectivity index (χ3n) is 1.82. The first-order valence-corrected chi connectivity index (χ1v) is 4.91. The Morgan fingerprint density at radius 2 is 2.23 bits per heavy atom. The molecule has 0 bridgehead atoms. The second-order valence-corrected chi connectivity index (χ2v) is 3.91. The summed E-state index contributed by atoms with van der Waals surface area (Å²) >= 11 is 3.42. The molecule has 0 aliphatic heterocycles. The quantitative estimate of drug-likeness (QED) is 0.780. The van der Waals surface area contributed by atoms with Gasteiger partial charge in [-0.05, 0) is 31.5 Å². The Morgan fingerprint density at radius 1 is 1.54 bits per heavy atom. The van der Waals surface area contributed by atoms with Gasteiger partial charge in [0.05, 0.1) is 6.04 Å². The first-order chi connectivity index (χ1) is 6.13. The fraction of sp³-hybridized carbons (Fsp3) is 0.273. The summed E-state index contributed by atoms with van der Waals surface area (Å²) in [5.74, 6) is 2.63. The fourth-order valence-corrected chi connectivity index (χ4v) is 1.39. The second-order valence-electron chi connectivity index (χ2n) is 2.99. The molecule has 13 heavy (non-hydrogen) atoms. The summed E-state index contributed by atoms with van der Waals surface area (Å²) in [4.78, 5) is 0. The summed E-state index contributed by atoms with van der Waals surface area (Å²) in [7, 11) is 0. The molecule has 0 fully saturated rings. The molecule has 0 aliphatic rings. The van der Waals surface area contributed by atoms with Crippen molar-refractivity contribution in [2.24, 2.45) is 0 Å². The Morgan fingerprint density at radius 3 is 2.85 bits per heavy atom. The molecule has 0 heterocycles. The Balaban J connectivity index is 2.88. The minimum absolute atomic E-state index is 0.0630. The van der Waals surface area contributed by atoms with Gasteiger partial charge < -0.3 is 5.32 Å². The van der Waals surface area contributed by atoms with E-state index < -0.39 is 0 Å². The van der Waals surface area contributed by atoms with Gasteiger partial charge in [-0.2, -0.15) is 0 Å². The second kappa shape index (κ2) is 4.34. The zero-order chi connectivity index (χ0) is 9.84. The van der Waals surface area contributed by atoms with Crippen molar-refractivity contribution in [1.29, 1.82) is 0 Å². The molecule has 1 aromatic carbocycles. The average molecular weight is 238 g/mol. The van der Waals surface area contributed by atoms with Crippen molar-refractivity contribution < 1.29 is 0 Å². The Labute approximate surface area is 87.7 Å². The lowest BCUT2D eigenvalue weighted by Crippen LogP contribution is -2.12. The van der Waals surface area contributed by atoms with E-state index in [2.05, 4.69) is 40.2 Å². The number of rotatable bonds is 2. The van der Waals surface area contributed by atoms with Crippen LogP contribution in [0.2, 0.25) is 0 Å². The van der Waals surface area contributed by atoms with Crippen molar-refractivity contribution >= 4 is 21.6 Å². The number of benzene rings is 1. The van der Waals surface area contributed by atoms with E-state index in [1.807, 2.05) is 19.1 Å². The summed E-state index contributed by atoms with van der Waals surface area (Å²) in [5, 5.41) is 3.23. The molecule has 0 amide bonds. The maximum absolute atomic E-state index is 5.28. The summed E-state index contributed by atoms with van der Waals surface area (Å²) in [6, 6.07) is 6.16. The number of anilines is 1. The number of aryl methyl sites for hydroxylation is 1. The third kappa shape index (κ3) is 2.78. The van der Waals surface area contributed by atoms with Crippen LogP contribution in [0.4, 0.5) is 5.69 Å². The van der Waals surface area contributed by atoms with E-state index in [1.165, 1.54) is 5.56 Å². The predicted molar refractivity (Wildman–Crippen MR) is 60.8 cm³/mol. The number of terminal acetylenes is 1. The lowest BCUT2D eigenvalue weighted by molar-refractivity contribution is 1.03. The van der Waals surface area contributed by atoms with Crippen molar-refractivity contribution in [3.05, 3.63) is 28.2 Å². The zero-order valence-electron chi connectivity index (χ0n) is 7.76. The molecule has 1 unspecified atom stereocenters. The van der Waals surface area contributed by atoms with Crippen molar-refractivity contribution in [1.82, 2.24) is 0 Å². The topological polar surface area (TPSA) is 12.0 Å². The third-order valence-corrected chi connectivity index (χ3v) is 2.31. The first kappa shape index (κ1) is 10.1. The van der Waals surface area contributed by atoms with Crippen molar-refractivity contribution in [3.63, 3.8) is 0 Å². The number of halogens is 1. The Bertz CT molecular complexity index is 338. The maximum atomic E-state index is 5.28. The van der Waals surface area contributed by atoms with Gasteiger partial charge in [-0.15, -0.1) is 6.42 Å². The summed E-state index contributed by atoms with van der Waals surface area (Å²) in [6.45, 7) is 4.01. The van der Waals surface area contributed by atoms with Gasteiger partial charge in [0.15, 0.2) is 0 Å². The van der Waals surface area contributed by atoms with Gasteiger partial charge in [0.2, 0.25) is 0 Å². The van der Waals surface area contributed by atoms with E-state index in [0.29, 0.717) is 0 Å². The van der Waals surface area contributed by atoms with Crippen LogP contribution in [0.5, 0.6) is 0 Å². The van der Waals surface area contributed by atoms with Crippen LogP contribution in [-0.4, -0.2) is 6.04 Å². The highest BCUT2D eigenvalue weighted by Crippen LogP contribution is 2.20. The van der Waals surface area contributed by atoms with Crippen LogP contribution < -0.4 is 5.32 Å². The van der Waals surface area contributed by atoms with Gasteiger partial charge in [0.1, 0.15) is 0 Å². The molecular formula is C11H12BrN. The minimum atomic E-state index is 0.0630. The Hall–Kier alpha value is -0.940. The van der Waals surface area contributed by atoms with Gasteiger partial charge in [-0.3, -0.25) is 0 Å². The summed E-state index contributed by atoms with van der Waals surface area (Å²) < 4.78 is 1.06. The molecule has 0 saturated heterocycles. The molecule has 1 N–H and O–H groups in total. The van der Waals surface area contributed by atoms with Crippen LogP contribution in [0.1, 0.15) is 12.5 Å². The van der Waals surface area contributed by atoms with E-state index in [1.54, 1.807) is 0 Å². The molecule has 1 rings (SSSR count). The molecule has 1 aromatic rings. The smallest absolute Gasteiger partial charge is 0.0845 e. The van der Waals surface area contributed by atoms with Gasteiger partial charge >= 0.3 is 0 Å². The van der Waals surface area contributed by atoms with Crippen molar-refractivity contribution in [3.8, 4) is 12.3 Å². The highest BCUT2D eigenvalue weighted by molar-refractivity contribution is 9.10. The molecule has 68 valence electrons. The maximum Gasteiger partial charge on any atom is 0.0845 e. The van der Waals surface area contributed by atoms with Crippen LogP contribution in [0.3, 0.4) is 0 Å². The number of nitrogens with one attached hydrogen (secondary N) is 1. The highest BCUT2D eigenvalue weighted by Gasteiger charge is 2.01. The fourth-order valence-electron chi connectivity index (χ4n) is 1.02. The van der Waals surface area contributed by atoms with Gasteiger partial charge in [0, 0.05) is 10.2 Å². The molecular weight excluding hydrogens is 226 g/mol. The van der Waals surface area contributed by atoms with Gasteiger partial charge in [0.25, 0.3) is 0 Å². The monoisotopic (exact) mass is 237 g/mol. The predicted octanol–water partition coefficient (Wildman–Crippen LogP) is 3.19. The van der Waals surface area contributed by atoms with E-state index in [-0.39, 0.29) is 6.04 Å². The molecule has 1 atom stereocenters. The van der Waals surface area contributed by atoms with E-state index in [4.69, 9.17) is 6.42 Å².